The molecule has 3 fully saturated rings. The minimum atomic E-state index is -0.189. The Balaban J connectivity index is 1.39. The maximum atomic E-state index is 14.7. The van der Waals surface area contributed by atoms with Gasteiger partial charge in [0.2, 0.25) is 0 Å². The molecule has 8 heteroatoms. The topological polar surface area (TPSA) is 57.6 Å². The number of amidine groups is 1. The summed E-state index contributed by atoms with van der Waals surface area (Å²) >= 11 is 6.33. The van der Waals surface area contributed by atoms with E-state index in [1.54, 1.807) is 7.11 Å². The number of carbonyl (C=O) groups is 1. The molecule has 0 unspecified atom stereocenters. The second-order valence-electron chi connectivity index (χ2n) is 11.9. The van der Waals surface area contributed by atoms with Crippen molar-refractivity contribution in [1.82, 2.24) is 14.7 Å². The van der Waals surface area contributed by atoms with Gasteiger partial charge in [-0.2, -0.15) is 0 Å². The SMILES string of the molecule is CCOc1cc(OC)ccc1C1=N[C@H](C2CCCC2)[C@H](c2ccc(Cl)cc2)N1C(=O)N1CCC(N2CCCC2)CC1. The largest absolute Gasteiger partial charge is 0.497 e. The molecule has 0 N–H and O–H groups in total. The summed E-state index contributed by atoms with van der Waals surface area (Å²) in [5, 5.41) is 0.695. The van der Waals surface area contributed by atoms with Gasteiger partial charge in [-0.1, -0.05) is 36.6 Å². The number of methoxy groups -OCH3 is 1. The van der Waals surface area contributed by atoms with Crippen LogP contribution < -0.4 is 9.47 Å². The average Bonchev–Trinajstić information content (AvgIpc) is 3.79. The van der Waals surface area contributed by atoms with Gasteiger partial charge in [0.05, 0.1) is 31.4 Å². The third-order valence-electron chi connectivity index (χ3n) is 9.52. The van der Waals surface area contributed by atoms with Gasteiger partial charge in [0.1, 0.15) is 17.3 Å². The third kappa shape index (κ3) is 5.80. The highest BCUT2D eigenvalue weighted by Gasteiger charge is 2.47. The number of urea groups is 1. The first-order valence-corrected chi connectivity index (χ1v) is 15.9. The Morgan fingerprint density at radius 1 is 0.951 bits per heavy atom. The van der Waals surface area contributed by atoms with E-state index < -0.39 is 0 Å². The summed E-state index contributed by atoms with van der Waals surface area (Å²) in [4.78, 5) is 26.8. The van der Waals surface area contributed by atoms with Crippen LogP contribution in [0.15, 0.2) is 47.5 Å². The standard InChI is InChI=1S/C33H43ClN4O3/c1-3-41-29-22-27(40-2)14-15-28(29)32-35-30(23-8-4-5-9-23)31(24-10-12-25(34)13-11-24)38(32)33(39)37-20-16-26(17-21-37)36-18-6-7-19-36/h10-15,22-23,26,30-31H,3-9,16-21H2,1-2H3/t30-,31+/m1/s1. The van der Waals surface area contributed by atoms with Crippen molar-refractivity contribution in [3.63, 3.8) is 0 Å². The zero-order chi connectivity index (χ0) is 28.3. The second-order valence-corrected chi connectivity index (χ2v) is 12.3. The molecule has 41 heavy (non-hydrogen) atoms. The van der Waals surface area contributed by atoms with Crippen molar-refractivity contribution in [3.8, 4) is 11.5 Å². The van der Waals surface area contributed by atoms with Gasteiger partial charge < -0.3 is 19.3 Å². The lowest BCUT2D eigenvalue weighted by Gasteiger charge is -2.40. The summed E-state index contributed by atoms with van der Waals surface area (Å²) < 4.78 is 11.6. The van der Waals surface area contributed by atoms with Crippen molar-refractivity contribution in [2.24, 2.45) is 10.9 Å². The van der Waals surface area contributed by atoms with E-state index in [-0.39, 0.29) is 18.1 Å². The molecular weight excluding hydrogens is 536 g/mol. The Morgan fingerprint density at radius 3 is 2.32 bits per heavy atom. The Kier molecular flexibility index (Phi) is 8.73. The third-order valence-corrected chi connectivity index (χ3v) is 9.78. The molecular formula is C33H43ClN4O3. The van der Waals surface area contributed by atoms with Crippen molar-refractivity contribution in [2.75, 3.05) is 39.9 Å². The number of ether oxygens (including phenoxy) is 2. The molecule has 0 radical (unpaired) electrons. The number of carbonyl (C=O) groups excluding carboxylic acids is 1. The molecule has 1 aliphatic carbocycles. The first-order valence-electron chi connectivity index (χ1n) is 15.5. The van der Waals surface area contributed by atoms with Gasteiger partial charge in [0, 0.05) is 30.2 Å². The van der Waals surface area contributed by atoms with Gasteiger partial charge in [-0.3, -0.25) is 9.89 Å². The quantitative estimate of drug-likeness (QED) is 0.363. The molecule has 0 aromatic heterocycles. The van der Waals surface area contributed by atoms with Crippen LogP contribution in [0.5, 0.6) is 11.5 Å². The normalized spacial score (nSPS) is 24.2. The van der Waals surface area contributed by atoms with Crippen LogP contribution in [0.4, 0.5) is 4.79 Å². The van der Waals surface area contributed by atoms with E-state index in [2.05, 4.69) is 21.9 Å². The fourth-order valence-corrected chi connectivity index (χ4v) is 7.53. The van der Waals surface area contributed by atoms with Gasteiger partial charge in [-0.05, 0) is 94.3 Å². The van der Waals surface area contributed by atoms with Crippen molar-refractivity contribution in [2.45, 2.75) is 76.4 Å². The summed E-state index contributed by atoms with van der Waals surface area (Å²) in [6.45, 7) is 6.42. The molecule has 2 saturated heterocycles. The van der Waals surface area contributed by atoms with E-state index in [4.69, 9.17) is 26.1 Å². The smallest absolute Gasteiger partial charge is 0.326 e. The fourth-order valence-electron chi connectivity index (χ4n) is 7.41. The van der Waals surface area contributed by atoms with E-state index in [1.807, 2.05) is 42.2 Å². The van der Waals surface area contributed by atoms with E-state index in [0.717, 1.165) is 55.6 Å². The van der Waals surface area contributed by atoms with Gasteiger partial charge in [-0.15, -0.1) is 0 Å². The first-order chi connectivity index (χ1) is 20.1. The van der Waals surface area contributed by atoms with E-state index in [1.165, 1.54) is 38.8 Å². The molecule has 2 amide bonds. The molecule has 0 bridgehead atoms. The highest BCUT2D eigenvalue weighted by atomic mass is 35.5. The zero-order valence-corrected chi connectivity index (χ0v) is 25.2. The highest BCUT2D eigenvalue weighted by molar-refractivity contribution is 6.30. The number of nitrogens with zero attached hydrogens (tertiary/aromatic N) is 4. The molecule has 220 valence electrons. The maximum Gasteiger partial charge on any atom is 0.326 e. The number of likely N-dealkylation sites (tertiary alicyclic amines) is 2. The monoisotopic (exact) mass is 578 g/mol. The molecule has 2 aromatic rings. The van der Waals surface area contributed by atoms with Gasteiger partial charge in [0.25, 0.3) is 0 Å². The maximum absolute atomic E-state index is 14.7. The summed E-state index contributed by atoms with van der Waals surface area (Å²) in [5.74, 6) is 2.55. The minimum absolute atomic E-state index is 0.0173. The predicted molar refractivity (Wildman–Crippen MR) is 163 cm³/mol. The van der Waals surface area contributed by atoms with Gasteiger partial charge in [-0.25, -0.2) is 4.79 Å². The number of benzene rings is 2. The van der Waals surface area contributed by atoms with Crippen molar-refractivity contribution in [3.05, 3.63) is 58.6 Å². The van der Waals surface area contributed by atoms with Crippen LogP contribution in [0.1, 0.15) is 75.5 Å². The lowest BCUT2D eigenvalue weighted by atomic mass is 9.88. The Bertz CT molecular complexity index is 1230. The van der Waals surface area contributed by atoms with Crippen molar-refractivity contribution < 1.29 is 14.3 Å². The van der Waals surface area contributed by atoms with E-state index >= 15 is 0 Å². The van der Waals surface area contributed by atoms with E-state index in [0.29, 0.717) is 35.2 Å². The molecule has 4 aliphatic rings. The zero-order valence-electron chi connectivity index (χ0n) is 24.4. The van der Waals surface area contributed by atoms with Crippen LogP contribution >= 0.6 is 11.6 Å². The molecule has 0 spiro atoms. The Hall–Kier alpha value is -2.77. The number of hydrogen-bond donors (Lipinski definition) is 0. The van der Waals surface area contributed by atoms with Crippen molar-refractivity contribution >= 4 is 23.5 Å². The Labute approximate surface area is 249 Å². The summed E-state index contributed by atoms with van der Waals surface area (Å²) in [5.41, 5.74) is 1.92. The minimum Gasteiger partial charge on any atom is -0.497 e. The van der Waals surface area contributed by atoms with Crippen LogP contribution in [0.2, 0.25) is 5.02 Å². The number of hydrogen-bond acceptors (Lipinski definition) is 5. The predicted octanol–water partition coefficient (Wildman–Crippen LogP) is 6.79. The molecule has 3 heterocycles. The average molecular weight is 579 g/mol. The van der Waals surface area contributed by atoms with Gasteiger partial charge >= 0.3 is 6.03 Å². The fraction of sp³-hybridized carbons (Fsp3) is 0.576. The van der Waals surface area contributed by atoms with Crippen LogP contribution in [0, 0.1) is 5.92 Å². The summed E-state index contributed by atoms with van der Waals surface area (Å²) in [6.07, 6.45) is 9.33. The molecule has 7 nitrogen and oxygen atoms in total. The highest BCUT2D eigenvalue weighted by Crippen LogP contribution is 2.45. The molecule has 1 saturated carbocycles. The summed E-state index contributed by atoms with van der Waals surface area (Å²) in [7, 11) is 1.66. The van der Waals surface area contributed by atoms with Crippen molar-refractivity contribution in [1.29, 1.82) is 0 Å². The number of aliphatic imine (C=N–C) groups is 1. The molecule has 2 aromatic carbocycles. The lowest BCUT2D eigenvalue weighted by Crippen LogP contribution is -2.52. The van der Waals surface area contributed by atoms with Gasteiger partial charge in [0.15, 0.2) is 0 Å². The molecule has 2 atom stereocenters. The van der Waals surface area contributed by atoms with Crippen LogP contribution in [-0.2, 0) is 0 Å². The van der Waals surface area contributed by atoms with Crippen LogP contribution in [-0.4, -0.2) is 78.5 Å². The Morgan fingerprint density at radius 2 is 1.66 bits per heavy atom. The number of halogens is 1. The number of rotatable bonds is 7. The van der Waals surface area contributed by atoms with Crippen LogP contribution in [0.3, 0.4) is 0 Å². The van der Waals surface area contributed by atoms with E-state index in [9.17, 15) is 4.79 Å². The molecule has 3 aliphatic heterocycles. The molecule has 6 rings (SSSR count). The second kappa shape index (κ2) is 12.6. The number of piperidine rings is 1. The lowest BCUT2D eigenvalue weighted by molar-refractivity contribution is 0.115. The van der Waals surface area contributed by atoms with Crippen LogP contribution in [0.25, 0.3) is 0 Å². The number of amides is 2. The first kappa shape index (κ1) is 28.4. The summed E-state index contributed by atoms with van der Waals surface area (Å²) in [6, 6.07) is 14.3.